The normalized spacial score (nSPS) is 17.7. The summed E-state index contributed by atoms with van der Waals surface area (Å²) in [6.45, 7) is 0.658. The summed E-state index contributed by atoms with van der Waals surface area (Å²) in [5.41, 5.74) is 1.11. The standard InChI is InChI=1S/C13H11ClN2OS/c14-12-13(17)16(6-5-15-12)7-9-8-18-11-4-2-1-3-10(9)11/h1-6,9H,7-8H2. The summed E-state index contributed by atoms with van der Waals surface area (Å²) in [5.74, 6) is 1.37. The van der Waals surface area contributed by atoms with Crippen LogP contribution >= 0.6 is 23.4 Å². The number of rotatable bonds is 2. The van der Waals surface area contributed by atoms with Crippen LogP contribution in [-0.4, -0.2) is 15.3 Å². The van der Waals surface area contributed by atoms with Gasteiger partial charge in [0.15, 0.2) is 5.15 Å². The van der Waals surface area contributed by atoms with Gasteiger partial charge in [0, 0.05) is 35.5 Å². The van der Waals surface area contributed by atoms with Crippen molar-refractivity contribution in [3.05, 3.63) is 57.7 Å². The van der Waals surface area contributed by atoms with Crippen LogP contribution in [0.25, 0.3) is 0 Å². The molecule has 1 unspecified atom stereocenters. The second-order valence-corrected chi connectivity index (χ2v) is 5.64. The minimum absolute atomic E-state index is 0.0384. The van der Waals surface area contributed by atoms with Gasteiger partial charge in [0.1, 0.15) is 0 Å². The average molecular weight is 279 g/mol. The minimum Gasteiger partial charge on any atom is -0.311 e. The first-order valence-electron chi connectivity index (χ1n) is 5.68. The lowest BCUT2D eigenvalue weighted by Crippen LogP contribution is -2.23. The number of nitrogens with zero attached hydrogens (tertiary/aromatic N) is 2. The van der Waals surface area contributed by atoms with Crippen molar-refractivity contribution in [1.29, 1.82) is 0 Å². The molecule has 92 valence electrons. The van der Waals surface area contributed by atoms with Crippen molar-refractivity contribution in [3.63, 3.8) is 0 Å². The van der Waals surface area contributed by atoms with E-state index in [4.69, 9.17) is 11.6 Å². The third kappa shape index (κ3) is 2.06. The van der Waals surface area contributed by atoms with Gasteiger partial charge in [-0.1, -0.05) is 29.8 Å². The second kappa shape index (κ2) is 4.78. The third-order valence-electron chi connectivity index (χ3n) is 3.09. The van der Waals surface area contributed by atoms with Crippen LogP contribution in [0.1, 0.15) is 11.5 Å². The summed E-state index contributed by atoms with van der Waals surface area (Å²) < 4.78 is 1.64. The Labute approximate surface area is 114 Å². The molecule has 0 fully saturated rings. The average Bonchev–Trinajstić information content (AvgIpc) is 2.79. The van der Waals surface area contributed by atoms with Crippen molar-refractivity contribution >= 4 is 23.4 Å². The van der Waals surface area contributed by atoms with Gasteiger partial charge in [-0.3, -0.25) is 4.79 Å². The molecule has 0 bridgehead atoms. The maximum Gasteiger partial charge on any atom is 0.288 e. The molecule has 1 aliphatic rings. The van der Waals surface area contributed by atoms with Gasteiger partial charge in [0.25, 0.3) is 5.56 Å². The first-order valence-corrected chi connectivity index (χ1v) is 7.05. The smallest absolute Gasteiger partial charge is 0.288 e. The van der Waals surface area contributed by atoms with E-state index in [0.29, 0.717) is 12.5 Å². The van der Waals surface area contributed by atoms with Crippen LogP contribution < -0.4 is 5.56 Å². The molecule has 2 heterocycles. The highest BCUT2D eigenvalue weighted by Crippen LogP contribution is 2.39. The highest BCUT2D eigenvalue weighted by molar-refractivity contribution is 7.99. The van der Waals surface area contributed by atoms with Crippen LogP contribution in [-0.2, 0) is 6.54 Å². The molecule has 1 aromatic carbocycles. The molecule has 0 amide bonds. The quantitative estimate of drug-likeness (QED) is 0.847. The predicted molar refractivity (Wildman–Crippen MR) is 73.4 cm³/mol. The number of aromatic nitrogens is 2. The van der Waals surface area contributed by atoms with E-state index in [2.05, 4.69) is 17.1 Å². The first-order chi connectivity index (χ1) is 8.75. The molecule has 0 saturated carbocycles. The fraction of sp³-hybridized carbons (Fsp3) is 0.231. The number of thioether (sulfide) groups is 1. The lowest BCUT2D eigenvalue weighted by Gasteiger charge is -2.12. The number of hydrogen-bond acceptors (Lipinski definition) is 3. The number of hydrogen-bond donors (Lipinski definition) is 0. The highest BCUT2D eigenvalue weighted by atomic mass is 35.5. The Hall–Kier alpha value is -1.26. The Balaban J connectivity index is 1.91. The van der Waals surface area contributed by atoms with Crippen molar-refractivity contribution in [2.24, 2.45) is 0 Å². The zero-order valence-electron chi connectivity index (χ0n) is 9.54. The van der Waals surface area contributed by atoms with Crippen LogP contribution in [0.4, 0.5) is 0 Å². The fourth-order valence-corrected chi connectivity index (χ4v) is 3.59. The van der Waals surface area contributed by atoms with E-state index in [0.717, 1.165) is 5.75 Å². The highest BCUT2D eigenvalue weighted by Gasteiger charge is 2.23. The molecule has 0 spiro atoms. The van der Waals surface area contributed by atoms with Crippen LogP contribution in [0, 0.1) is 0 Å². The Kier molecular flexibility index (Phi) is 3.14. The van der Waals surface area contributed by atoms with E-state index in [9.17, 15) is 4.79 Å². The number of benzene rings is 1. The molecule has 3 rings (SSSR count). The predicted octanol–water partition coefficient (Wildman–Crippen LogP) is 2.79. The SMILES string of the molecule is O=c1c(Cl)nccn1CC1CSc2ccccc21. The maximum atomic E-state index is 11.8. The lowest BCUT2D eigenvalue weighted by atomic mass is 10.0. The molecule has 2 aromatic rings. The summed E-state index contributed by atoms with van der Waals surface area (Å²) in [5, 5.41) is 0.0384. The minimum atomic E-state index is -0.214. The van der Waals surface area contributed by atoms with E-state index < -0.39 is 0 Å². The van der Waals surface area contributed by atoms with Gasteiger partial charge >= 0.3 is 0 Å². The summed E-state index contributed by atoms with van der Waals surface area (Å²) in [7, 11) is 0. The molecule has 0 saturated heterocycles. The Bertz CT molecular complexity index is 641. The molecule has 0 aliphatic carbocycles. The van der Waals surface area contributed by atoms with E-state index in [1.54, 1.807) is 17.0 Å². The molecular formula is C13H11ClN2OS. The zero-order chi connectivity index (χ0) is 12.5. The van der Waals surface area contributed by atoms with Crippen LogP contribution in [0.15, 0.2) is 46.3 Å². The second-order valence-electron chi connectivity index (χ2n) is 4.22. The molecule has 1 aromatic heterocycles. The van der Waals surface area contributed by atoms with Gasteiger partial charge in [-0.15, -0.1) is 11.8 Å². The lowest BCUT2D eigenvalue weighted by molar-refractivity contribution is 0.584. The van der Waals surface area contributed by atoms with Gasteiger partial charge in [-0.2, -0.15) is 0 Å². The van der Waals surface area contributed by atoms with Crippen LogP contribution in [0.5, 0.6) is 0 Å². The number of fused-ring (bicyclic) bond motifs is 1. The first kappa shape index (κ1) is 11.8. The Morgan fingerprint density at radius 3 is 3.17 bits per heavy atom. The molecule has 1 aliphatic heterocycles. The summed E-state index contributed by atoms with van der Waals surface area (Å²) in [4.78, 5) is 16.9. The molecule has 18 heavy (non-hydrogen) atoms. The van der Waals surface area contributed by atoms with Crippen LogP contribution in [0.2, 0.25) is 5.15 Å². The number of halogens is 1. The van der Waals surface area contributed by atoms with Crippen LogP contribution in [0.3, 0.4) is 0 Å². The van der Waals surface area contributed by atoms with Crippen molar-refractivity contribution < 1.29 is 0 Å². The topological polar surface area (TPSA) is 34.9 Å². The van der Waals surface area contributed by atoms with Gasteiger partial charge in [0.05, 0.1) is 0 Å². The van der Waals surface area contributed by atoms with Crippen molar-refractivity contribution in [2.45, 2.75) is 17.4 Å². The monoisotopic (exact) mass is 278 g/mol. The molecule has 1 atom stereocenters. The van der Waals surface area contributed by atoms with Crippen molar-refractivity contribution in [3.8, 4) is 0 Å². The van der Waals surface area contributed by atoms with Gasteiger partial charge in [-0.25, -0.2) is 4.98 Å². The summed E-state index contributed by atoms with van der Waals surface area (Å²) >= 11 is 7.59. The van der Waals surface area contributed by atoms with Crippen molar-refractivity contribution in [1.82, 2.24) is 9.55 Å². The zero-order valence-corrected chi connectivity index (χ0v) is 11.1. The van der Waals surface area contributed by atoms with E-state index in [1.807, 2.05) is 23.9 Å². The van der Waals surface area contributed by atoms with Gasteiger partial charge in [0.2, 0.25) is 0 Å². The molecule has 0 N–H and O–H groups in total. The Morgan fingerprint density at radius 1 is 1.44 bits per heavy atom. The van der Waals surface area contributed by atoms with E-state index in [-0.39, 0.29) is 10.7 Å². The molecular weight excluding hydrogens is 268 g/mol. The third-order valence-corrected chi connectivity index (χ3v) is 4.60. The summed E-state index contributed by atoms with van der Waals surface area (Å²) in [6.07, 6.45) is 3.26. The maximum absolute atomic E-state index is 11.8. The molecule has 3 nitrogen and oxygen atoms in total. The summed E-state index contributed by atoms with van der Waals surface area (Å²) in [6, 6.07) is 8.35. The Morgan fingerprint density at radius 2 is 2.28 bits per heavy atom. The largest absolute Gasteiger partial charge is 0.311 e. The molecule has 5 heteroatoms. The van der Waals surface area contributed by atoms with Gasteiger partial charge < -0.3 is 4.57 Å². The van der Waals surface area contributed by atoms with E-state index in [1.165, 1.54) is 10.5 Å². The van der Waals surface area contributed by atoms with E-state index >= 15 is 0 Å². The fourth-order valence-electron chi connectivity index (χ4n) is 2.18. The molecule has 0 radical (unpaired) electrons. The van der Waals surface area contributed by atoms with Crippen molar-refractivity contribution in [2.75, 3.05) is 5.75 Å². The van der Waals surface area contributed by atoms with Gasteiger partial charge in [-0.05, 0) is 11.6 Å².